The van der Waals surface area contributed by atoms with Crippen molar-refractivity contribution in [1.82, 2.24) is 29.9 Å². The number of hydrogen-bond donors (Lipinski definition) is 9. The predicted octanol–water partition coefficient (Wildman–Crippen LogP) is 13.4. The van der Waals surface area contributed by atoms with Gasteiger partial charge in [0.05, 0.1) is 43.0 Å². The van der Waals surface area contributed by atoms with E-state index >= 15 is 0 Å². The van der Waals surface area contributed by atoms with Gasteiger partial charge in [0.25, 0.3) is 0 Å². The van der Waals surface area contributed by atoms with E-state index in [1.165, 1.54) is 49.1 Å². The molecule has 8 aromatic rings. The van der Waals surface area contributed by atoms with Crippen LogP contribution in [0.25, 0.3) is 11.1 Å². The van der Waals surface area contributed by atoms with Crippen LogP contribution < -0.4 is 41.4 Å². The topological polar surface area (TPSA) is 300 Å². The number of ether oxygens (including phenoxy) is 2. The Morgan fingerprint density at radius 2 is 0.811 bits per heavy atom. The maximum atomic E-state index is 13.1. The van der Waals surface area contributed by atoms with Gasteiger partial charge in [0, 0.05) is 58.3 Å². The van der Waals surface area contributed by atoms with Gasteiger partial charge in [-0.1, -0.05) is 120 Å². The van der Waals surface area contributed by atoms with Crippen LogP contribution in [0.15, 0.2) is 146 Å². The second-order valence-electron chi connectivity index (χ2n) is 26.5. The van der Waals surface area contributed by atoms with Crippen molar-refractivity contribution in [2.24, 2.45) is 16.2 Å². The third kappa shape index (κ3) is 17.4. The maximum absolute atomic E-state index is 13.1. The molecule has 0 aliphatic heterocycles. The molecule has 0 unspecified atom stereocenters. The fraction of sp³-hybridized carbons (Fsp3) is 0.392. The number of nitriles is 3. The number of rotatable bonds is 23. The number of anilines is 6. The average Bonchev–Trinajstić information content (AvgIpc) is 0.801. The predicted molar refractivity (Wildman–Crippen MR) is 373 cm³/mol. The van der Waals surface area contributed by atoms with Gasteiger partial charge in [-0.15, -0.1) is 0 Å². The molecule has 3 heterocycles. The highest BCUT2D eigenvalue weighted by Crippen LogP contribution is 2.45. The molecular formula is C74H90FN15O5. The number of halogens is 1. The van der Waals surface area contributed by atoms with Crippen molar-refractivity contribution in [3.8, 4) is 46.6 Å². The van der Waals surface area contributed by atoms with Crippen molar-refractivity contribution < 1.29 is 33.5 Å². The summed E-state index contributed by atoms with van der Waals surface area (Å²) < 4.78 is 24.9. The quantitative estimate of drug-likeness (QED) is 0.0287. The molecule has 5 aromatic carbocycles. The fourth-order valence-corrected chi connectivity index (χ4v) is 11.7. The largest absolute Gasteiger partial charge is 0.490 e. The molecule has 12 rings (SSSR count). The smallest absolute Gasteiger partial charge is 0.224 e. The Labute approximate surface area is 560 Å². The zero-order valence-electron chi connectivity index (χ0n) is 54.7. The van der Waals surface area contributed by atoms with Gasteiger partial charge in [-0.25, -0.2) is 19.3 Å². The molecule has 3 aromatic heterocycles. The van der Waals surface area contributed by atoms with Crippen LogP contribution in [0.2, 0.25) is 0 Å². The normalized spacial score (nSPS) is 20.0. The van der Waals surface area contributed by atoms with Crippen molar-refractivity contribution in [2.75, 3.05) is 51.5 Å². The Balaban J connectivity index is 0.000000204. The van der Waals surface area contributed by atoms with Gasteiger partial charge >= 0.3 is 0 Å². The van der Waals surface area contributed by atoms with Gasteiger partial charge in [0.15, 0.2) is 0 Å². The summed E-state index contributed by atoms with van der Waals surface area (Å²) in [5, 5.41) is 77.6. The fourth-order valence-electron chi connectivity index (χ4n) is 11.7. The molecule has 498 valence electrons. The van der Waals surface area contributed by atoms with Gasteiger partial charge in [0.2, 0.25) is 17.8 Å². The number of nitrogens with zero attached hydrogens (tertiary/aromatic N) is 9. The molecule has 0 radical (unpaired) electrons. The molecule has 0 amide bonds. The summed E-state index contributed by atoms with van der Waals surface area (Å²) in [5.74, 6) is 5.20. The molecular weight excluding hydrogens is 1200 g/mol. The van der Waals surface area contributed by atoms with Crippen molar-refractivity contribution >= 4 is 35.3 Å². The molecule has 95 heavy (non-hydrogen) atoms. The van der Waals surface area contributed by atoms with Crippen LogP contribution in [-0.4, -0.2) is 107 Å². The van der Waals surface area contributed by atoms with E-state index in [2.05, 4.69) is 104 Å². The number of aliphatic hydroxyl groups is 3. The van der Waals surface area contributed by atoms with Crippen molar-refractivity contribution in [3.05, 3.63) is 185 Å². The maximum Gasteiger partial charge on any atom is 0.224 e. The number of benzene rings is 5. The van der Waals surface area contributed by atoms with Crippen LogP contribution in [0.3, 0.4) is 0 Å². The molecule has 4 aliphatic rings. The molecule has 0 spiro atoms. The first kappa shape index (κ1) is 67.9. The lowest BCUT2D eigenvalue weighted by Crippen LogP contribution is -2.57. The SMILES string of the molecule is CC1(C)[C@@H](O)C[C@H]1Nc1nc(NCCc2ccc(-c3ccc(F)cc3)cc2)ncc1C#N.CC1(C)[C@@H](O)C[C@H]1Nc1nc(NCCc2ccc(OC3CCCC3)cc2)ncc1C#N.CC1(C)[C@@H](O)C[C@H]1Nc1nc(NCCc2ccc(Oc3ccccc3)cc2)ncc1C#N.[HH].[HH].[HH]. The highest BCUT2D eigenvalue weighted by Gasteiger charge is 2.49. The standard InChI is InChI=1S/C25H26FN5O.C25H27N5O2.C24H31N5O2.3H2/c1-25(2)21(13-22(25)32)30-23-19(14-27)15-29-24(31-23)28-12-11-16-3-5-17(6-4-16)18-7-9-20(26)10-8-18;1-25(2)21(14-22(25)31)29-23-18(15-26)16-28-24(30-23)27-13-12-17-8-10-20(11-9-17)32-19-6-4-3-5-7-19;1-24(2)20(13-21(24)30)28-22-17(14-25)15-27-23(29-22)26-12-11-16-7-9-19(10-8-16)31-18-5-3-4-6-18;;;/h3-10,15,21-22,32H,11-13H2,1-2H3,(H2,28,29,30,31);3-11,16,21-22,31H,12-14H2,1-2H3,(H2,27,28,29,30);7-10,15,18,20-21,30H,3-6,11-13H2,1-2H3,(H2,26,27,28,29);3*1H/t2*21-,22+;20-,21+;;;/m111.../s1. The summed E-state index contributed by atoms with van der Waals surface area (Å²) >= 11 is 0. The van der Waals surface area contributed by atoms with Crippen LogP contribution in [0.1, 0.15) is 124 Å². The molecule has 0 bridgehead atoms. The van der Waals surface area contributed by atoms with Gasteiger partial charge < -0.3 is 56.7 Å². The summed E-state index contributed by atoms with van der Waals surface area (Å²) in [4.78, 5) is 26.2. The third-order valence-corrected chi connectivity index (χ3v) is 19.0. The zero-order chi connectivity index (χ0) is 67.1. The van der Waals surface area contributed by atoms with Crippen LogP contribution >= 0.6 is 0 Å². The minimum absolute atomic E-state index is 0. The zero-order valence-corrected chi connectivity index (χ0v) is 54.7. The summed E-state index contributed by atoms with van der Waals surface area (Å²) in [7, 11) is 0. The Bertz CT molecular complexity index is 3990. The van der Waals surface area contributed by atoms with E-state index in [4.69, 9.17) is 9.47 Å². The highest BCUT2D eigenvalue weighted by atomic mass is 19.1. The first-order chi connectivity index (χ1) is 45.8. The van der Waals surface area contributed by atoms with E-state index in [0.29, 0.717) is 97.0 Å². The number of aliphatic hydroxyl groups excluding tert-OH is 3. The third-order valence-electron chi connectivity index (χ3n) is 19.0. The van der Waals surface area contributed by atoms with Crippen LogP contribution in [-0.2, 0) is 19.3 Å². The lowest BCUT2D eigenvalue weighted by Gasteiger charge is -2.49. The molecule has 6 atom stereocenters. The highest BCUT2D eigenvalue weighted by molar-refractivity contribution is 5.64. The molecule has 9 N–H and O–H groups in total. The molecule has 20 nitrogen and oxygen atoms in total. The second kappa shape index (κ2) is 30.8. The number of aromatic nitrogens is 6. The lowest BCUT2D eigenvalue weighted by molar-refractivity contribution is -0.0512. The van der Waals surface area contributed by atoms with Gasteiger partial charge in [-0.2, -0.15) is 30.7 Å². The Morgan fingerprint density at radius 3 is 1.16 bits per heavy atom. The Morgan fingerprint density at radius 1 is 0.474 bits per heavy atom. The van der Waals surface area contributed by atoms with E-state index in [0.717, 1.165) is 71.6 Å². The number of nitrogens with one attached hydrogen (secondary N) is 6. The van der Waals surface area contributed by atoms with E-state index in [9.17, 15) is 35.5 Å². The van der Waals surface area contributed by atoms with E-state index in [1.54, 1.807) is 12.1 Å². The van der Waals surface area contributed by atoms with E-state index in [1.807, 2.05) is 120 Å². The first-order valence-electron chi connectivity index (χ1n) is 32.6. The van der Waals surface area contributed by atoms with Gasteiger partial charge in [-0.05, 0) is 141 Å². The number of para-hydroxylation sites is 1. The minimum atomic E-state index is -0.362. The molecule has 4 fully saturated rings. The second-order valence-corrected chi connectivity index (χ2v) is 26.5. The first-order valence-corrected chi connectivity index (χ1v) is 32.6. The molecule has 21 heteroatoms. The summed E-state index contributed by atoms with van der Waals surface area (Å²) in [6.45, 7) is 14.0. The Kier molecular flexibility index (Phi) is 22.0. The van der Waals surface area contributed by atoms with Crippen LogP contribution in [0, 0.1) is 56.1 Å². The monoisotopic (exact) mass is 1290 g/mol. The molecule has 0 saturated heterocycles. The average molecular weight is 1290 g/mol. The summed E-state index contributed by atoms with van der Waals surface area (Å²) in [6, 6.07) is 47.1. The van der Waals surface area contributed by atoms with Crippen molar-refractivity contribution in [2.45, 2.75) is 148 Å². The molecule has 4 aliphatic carbocycles. The van der Waals surface area contributed by atoms with Crippen molar-refractivity contribution in [1.29, 1.82) is 15.8 Å². The minimum Gasteiger partial charge on any atom is -0.490 e. The van der Waals surface area contributed by atoms with E-state index in [-0.39, 0.29) is 62.8 Å². The van der Waals surface area contributed by atoms with Gasteiger partial charge in [0.1, 0.15) is 75.4 Å². The Hall–Kier alpha value is -9.98. The van der Waals surface area contributed by atoms with Gasteiger partial charge in [-0.3, -0.25) is 0 Å². The van der Waals surface area contributed by atoms with E-state index < -0.39 is 0 Å². The van der Waals surface area contributed by atoms with Crippen LogP contribution in [0.4, 0.5) is 39.7 Å². The summed E-state index contributed by atoms with van der Waals surface area (Å²) in [5.41, 5.74) is 5.93. The van der Waals surface area contributed by atoms with Crippen LogP contribution in [0.5, 0.6) is 17.2 Å². The number of hydrogen-bond acceptors (Lipinski definition) is 20. The molecule has 4 saturated carbocycles. The van der Waals surface area contributed by atoms with Crippen molar-refractivity contribution in [3.63, 3.8) is 0 Å². The lowest BCUT2D eigenvalue weighted by atomic mass is 9.64. The summed E-state index contributed by atoms with van der Waals surface area (Å²) in [6.07, 6.45) is 13.0.